The lowest BCUT2D eigenvalue weighted by Gasteiger charge is -2.30. The zero-order valence-electron chi connectivity index (χ0n) is 12.9. The lowest BCUT2D eigenvalue weighted by Crippen LogP contribution is -2.45. The molecule has 1 heterocycles. The van der Waals surface area contributed by atoms with Gasteiger partial charge in [0, 0.05) is 25.2 Å². The van der Waals surface area contributed by atoms with Crippen LogP contribution in [0.5, 0.6) is 0 Å². The number of carbonyl (C=O) groups excluding carboxylic acids is 1. The predicted molar refractivity (Wildman–Crippen MR) is 82.2 cm³/mol. The minimum atomic E-state index is -3.31. The van der Waals surface area contributed by atoms with Gasteiger partial charge in [-0.15, -0.1) is 0 Å². The summed E-state index contributed by atoms with van der Waals surface area (Å²) in [5.74, 6) is -1.99. The topological polar surface area (TPSA) is 66.5 Å². The molecule has 1 aliphatic rings. The average Bonchev–Trinajstić information content (AvgIpc) is 2.49. The highest BCUT2D eigenvalue weighted by Crippen LogP contribution is 2.19. The Morgan fingerprint density at radius 2 is 2.00 bits per heavy atom. The minimum Gasteiger partial charge on any atom is -0.355 e. The number of rotatable bonds is 5. The van der Waals surface area contributed by atoms with E-state index in [2.05, 4.69) is 5.32 Å². The summed E-state index contributed by atoms with van der Waals surface area (Å²) < 4.78 is 51.3. The summed E-state index contributed by atoms with van der Waals surface area (Å²) >= 11 is 0. The molecule has 1 saturated heterocycles. The minimum absolute atomic E-state index is 0.0484. The highest BCUT2D eigenvalue weighted by Gasteiger charge is 2.29. The first-order valence-electron chi connectivity index (χ1n) is 7.44. The molecule has 1 aliphatic heterocycles. The molecule has 1 aromatic rings. The van der Waals surface area contributed by atoms with Crippen molar-refractivity contribution in [2.75, 3.05) is 25.9 Å². The van der Waals surface area contributed by atoms with Crippen LogP contribution in [0.3, 0.4) is 0 Å². The van der Waals surface area contributed by atoms with Crippen molar-refractivity contribution in [3.05, 3.63) is 35.4 Å². The number of halogens is 2. The van der Waals surface area contributed by atoms with Gasteiger partial charge < -0.3 is 5.32 Å². The summed E-state index contributed by atoms with van der Waals surface area (Å²) in [5, 5.41) is 2.63. The van der Waals surface area contributed by atoms with E-state index in [-0.39, 0.29) is 31.0 Å². The second-order valence-electron chi connectivity index (χ2n) is 5.70. The summed E-state index contributed by atoms with van der Waals surface area (Å²) in [6.07, 6.45) is 2.39. The number of nitrogens with zero attached hydrogens (tertiary/aromatic N) is 1. The van der Waals surface area contributed by atoms with E-state index in [1.807, 2.05) is 0 Å². The van der Waals surface area contributed by atoms with E-state index < -0.39 is 27.6 Å². The normalized spacial score (nSPS) is 19.5. The van der Waals surface area contributed by atoms with E-state index in [0.717, 1.165) is 6.26 Å². The van der Waals surface area contributed by atoms with Crippen LogP contribution in [0.4, 0.5) is 8.78 Å². The van der Waals surface area contributed by atoms with Crippen molar-refractivity contribution in [2.45, 2.75) is 19.3 Å². The van der Waals surface area contributed by atoms with E-state index >= 15 is 0 Å². The maximum absolute atomic E-state index is 13.5. The molecule has 1 aromatic carbocycles. The summed E-state index contributed by atoms with van der Waals surface area (Å²) in [4.78, 5) is 12.1. The molecule has 1 fully saturated rings. The fourth-order valence-electron chi connectivity index (χ4n) is 2.68. The molecule has 0 aromatic heterocycles. The monoisotopic (exact) mass is 346 g/mol. The van der Waals surface area contributed by atoms with Gasteiger partial charge in [-0.05, 0) is 31.4 Å². The van der Waals surface area contributed by atoms with Crippen molar-refractivity contribution in [1.82, 2.24) is 9.62 Å². The molecule has 5 nitrogen and oxygen atoms in total. The maximum atomic E-state index is 13.5. The molecule has 23 heavy (non-hydrogen) atoms. The van der Waals surface area contributed by atoms with Crippen LogP contribution in [-0.2, 0) is 21.2 Å². The van der Waals surface area contributed by atoms with Crippen LogP contribution in [0.2, 0.25) is 0 Å². The van der Waals surface area contributed by atoms with E-state index in [1.54, 1.807) is 0 Å². The molecule has 0 bridgehead atoms. The Morgan fingerprint density at radius 3 is 2.61 bits per heavy atom. The first-order valence-corrected chi connectivity index (χ1v) is 9.29. The van der Waals surface area contributed by atoms with Crippen molar-refractivity contribution < 1.29 is 22.0 Å². The van der Waals surface area contributed by atoms with Crippen LogP contribution >= 0.6 is 0 Å². The number of sulfonamides is 1. The van der Waals surface area contributed by atoms with Crippen LogP contribution in [0.25, 0.3) is 0 Å². The maximum Gasteiger partial charge on any atom is 0.224 e. The van der Waals surface area contributed by atoms with Crippen LogP contribution in [0.1, 0.15) is 18.4 Å². The SMILES string of the molecule is CS(=O)(=O)N1CCC[C@@H](C(=O)NCCc2c(F)cccc2F)C1. The van der Waals surface area contributed by atoms with E-state index in [9.17, 15) is 22.0 Å². The third-order valence-corrected chi connectivity index (χ3v) is 5.23. The number of hydrogen-bond acceptors (Lipinski definition) is 3. The van der Waals surface area contributed by atoms with Gasteiger partial charge in [0.25, 0.3) is 0 Å². The third kappa shape index (κ3) is 4.71. The van der Waals surface area contributed by atoms with E-state index in [1.165, 1.54) is 22.5 Å². The Labute approximate surface area is 134 Å². The first-order chi connectivity index (χ1) is 10.8. The highest BCUT2D eigenvalue weighted by atomic mass is 32.2. The molecule has 1 amide bonds. The predicted octanol–water partition coefficient (Wildman–Crippen LogP) is 1.30. The van der Waals surface area contributed by atoms with Gasteiger partial charge in [-0.25, -0.2) is 21.5 Å². The lowest BCUT2D eigenvalue weighted by molar-refractivity contribution is -0.126. The highest BCUT2D eigenvalue weighted by molar-refractivity contribution is 7.88. The van der Waals surface area contributed by atoms with Crippen LogP contribution in [0, 0.1) is 17.6 Å². The van der Waals surface area contributed by atoms with Gasteiger partial charge in [0.15, 0.2) is 0 Å². The van der Waals surface area contributed by atoms with Crippen LogP contribution in [-0.4, -0.2) is 44.5 Å². The number of nitrogens with one attached hydrogen (secondary N) is 1. The Balaban J connectivity index is 1.88. The largest absolute Gasteiger partial charge is 0.355 e. The Hall–Kier alpha value is -1.54. The van der Waals surface area contributed by atoms with Gasteiger partial charge in [0.1, 0.15) is 11.6 Å². The second kappa shape index (κ2) is 7.35. The number of amides is 1. The van der Waals surface area contributed by atoms with Crippen molar-refractivity contribution in [3.63, 3.8) is 0 Å². The molecule has 0 spiro atoms. The summed E-state index contributed by atoms with van der Waals surface area (Å²) in [7, 11) is -3.31. The molecule has 0 saturated carbocycles. The number of carbonyl (C=O) groups is 1. The molecule has 1 N–H and O–H groups in total. The fourth-order valence-corrected chi connectivity index (χ4v) is 3.60. The molecular formula is C15H20F2N2O3S. The first kappa shape index (κ1) is 17.8. The quantitative estimate of drug-likeness (QED) is 0.874. The van der Waals surface area contributed by atoms with Gasteiger partial charge in [-0.2, -0.15) is 0 Å². The van der Waals surface area contributed by atoms with Crippen LogP contribution < -0.4 is 5.32 Å². The number of piperidine rings is 1. The smallest absolute Gasteiger partial charge is 0.224 e. The summed E-state index contributed by atoms with van der Waals surface area (Å²) in [6.45, 7) is 0.674. The van der Waals surface area contributed by atoms with E-state index in [4.69, 9.17) is 0 Å². The summed E-state index contributed by atoms with van der Waals surface area (Å²) in [6, 6.07) is 3.63. The molecule has 8 heteroatoms. The molecule has 2 rings (SSSR count). The molecule has 0 radical (unpaired) electrons. The van der Waals surface area contributed by atoms with Crippen molar-refractivity contribution in [3.8, 4) is 0 Å². The van der Waals surface area contributed by atoms with E-state index in [0.29, 0.717) is 19.4 Å². The zero-order chi connectivity index (χ0) is 17.0. The van der Waals surface area contributed by atoms with Crippen molar-refractivity contribution in [1.29, 1.82) is 0 Å². The standard InChI is InChI=1S/C15H20F2N2O3S/c1-23(21,22)19-9-3-4-11(10-19)15(20)18-8-7-12-13(16)5-2-6-14(12)17/h2,5-6,11H,3-4,7-10H2,1H3,(H,18,20)/t11-/m1/s1. The molecular weight excluding hydrogens is 326 g/mol. The van der Waals surface area contributed by atoms with Gasteiger partial charge in [-0.1, -0.05) is 6.07 Å². The van der Waals surface area contributed by atoms with Crippen LogP contribution in [0.15, 0.2) is 18.2 Å². The van der Waals surface area contributed by atoms with Crippen molar-refractivity contribution in [2.24, 2.45) is 5.92 Å². The van der Waals surface area contributed by atoms with Gasteiger partial charge >= 0.3 is 0 Å². The van der Waals surface area contributed by atoms with Gasteiger partial charge in [0.05, 0.1) is 12.2 Å². The molecule has 1 atom stereocenters. The second-order valence-corrected chi connectivity index (χ2v) is 7.68. The molecule has 0 unspecified atom stereocenters. The lowest BCUT2D eigenvalue weighted by atomic mass is 9.98. The number of benzene rings is 1. The van der Waals surface area contributed by atoms with Gasteiger partial charge in [0.2, 0.25) is 15.9 Å². The molecule has 0 aliphatic carbocycles. The van der Waals surface area contributed by atoms with Gasteiger partial charge in [-0.3, -0.25) is 4.79 Å². The van der Waals surface area contributed by atoms with Crippen molar-refractivity contribution >= 4 is 15.9 Å². The summed E-state index contributed by atoms with van der Waals surface area (Å²) in [5.41, 5.74) is -0.0609. The number of hydrogen-bond donors (Lipinski definition) is 1. The Bertz CT molecular complexity index is 659. The Morgan fingerprint density at radius 1 is 1.35 bits per heavy atom. The Kier molecular flexibility index (Phi) is 5.69. The average molecular weight is 346 g/mol. The third-order valence-electron chi connectivity index (χ3n) is 3.96. The molecule has 128 valence electrons. The zero-order valence-corrected chi connectivity index (χ0v) is 13.7. The fraction of sp³-hybridized carbons (Fsp3) is 0.533.